The van der Waals surface area contributed by atoms with Crippen LogP contribution in [0, 0.1) is 0 Å². The minimum Gasteiger partial charge on any atom is -0.354 e. The van der Waals surface area contributed by atoms with Crippen molar-refractivity contribution in [3.8, 4) is 0 Å². The van der Waals surface area contributed by atoms with Gasteiger partial charge in [0.05, 0.1) is 6.54 Å². The van der Waals surface area contributed by atoms with Gasteiger partial charge < -0.3 is 5.32 Å². The molecule has 1 fully saturated rings. The zero-order chi connectivity index (χ0) is 12.4. The van der Waals surface area contributed by atoms with E-state index < -0.39 is 0 Å². The fraction of sp³-hybridized carbons (Fsp3) is 0.267. The van der Waals surface area contributed by atoms with Gasteiger partial charge in [0.25, 0.3) is 0 Å². The lowest BCUT2D eigenvalue weighted by atomic mass is 10.0. The number of piperazine rings is 1. The van der Waals surface area contributed by atoms with Crippen LogP contribution in [0.2, 0.25) is 0 Å². The van der Waals surface area contributed by atoms with Crippen molar-refractivity contribution < 1.29 is 4.79 Å². The van der Waals surface area contributed by atoms with Crippen LogP contribution in [0.15, 0.2) is 42.5 Å². The number of benzene rings is 2. The second-order valence-corrected chi connectivity index (χ2v) is 4.70. The molecule has 92 valence electrons. The molecule has 0 unspecified atom stereocenters. The van der Waals surface area contributed by atoms with Gasteiger partial charge in [-0.15, -0.1) is 0 Å². The van der Waals surface area contributed by atoms with Crippen LogP contribution >= 0.6 is 0 Å². The van der Waals surface area contributed by atoms with Gasteiger partial charge in [-0.3, -0.25) is 9.69 Å². The summed E-state index contributed by atoms with van der Waals surface area (Å²) in [6.45, 7) is 3.02. The minimum absolute atomic E-state index is 0.126. The maximum atomic E-state index is 11.4. The standard InChI is InChI=1S/C15H16N2O/c18-15-11-17(9-8-16-15)10-13-6-3-5-12-4-1-2-7-14(12)13/h1-7H,8-11H2,(H,16,18). The first-order valence-corrected chi connectivity index (χ1v) is 6.28. The lowest BCUT2D eigenvalue weighted by Crippen LogP contribution is -2.47. The van der Waals surface area contributed by atoms with Crippen molar-refractivity contribution in [3.05, 3.63) is 48.0 Å². The van der Waals surface area contributed by atoms with Gasteiger partial charge in [0.15, 0.2) is 0 Å². The Morgan fingerprint density at radius 1 is 1.11 bits per heavy atom. The third-order valence-electron chi connectivity index (χ3n) is 3.39. The van der Waals surface area contributed by atoms with Crippen LogP contribution in [0.5, 0.6) is 0 Å². The lowest BCUT2D eigenvalue weighted by molar-refractivity contribution is -0.124. The predicted octanol–water partition coefficient (Wildman–Crippen LogP) is 1.77. The van der Waals surface area contributed by atoms with E-state index in [4.69, 9.17) is 0 Å². The van der Waals surface area contributed by atoms with Crippen molar-refractivity contribution in [2.24, 2.45) is 0 Å². The van der Waals surface area contributed by atoms with Crippen molar-refractivity contribution >= 4 is 16.7 Å². The fourth-order valence-electron chi connectivity index (χ4n) is 2.50. The Bertz CT molecular complexity index is 574. The zero-order valence-electron chi connectivity index (χ0n) is 10.2. The van der Waals surface area contributed by atoms with Crippen molar-refractivity contribution in [3.63, 3.8) is 0 Å². The largest absolute Gasteiger partial charge is 0.354 e. The number of carbonyl (C=O) groups excluding carboxylic acids is 1. The molecule has 1 saturated heterocycles. The molecule has 2 aromatic carbocycles. The summed E-state index contributed by atoms with van der Waals surface area (Å²) in [5, 5.41) is 5.40. The SMILES string of the molecule is O=C1CN(Cc2cccc3ccccc23)CCN1. The summed E-state index contributed by atoms with van der Waals surface area (Å²) >= 11 is 0. The van der Waals surface area contributed by atoms with E-state index in [0.717, 1.165) is 19.6 Å². The van der Waals surface area contributed by atoms with Gasteiger partial charge in [-0.2, -0.15) is 0 Å². The van der Waals surface area contributed by atoms with Crippen LogP contribution in [0.4, 0.5) is 0 Å². The van der Waals surface area contributed by atoms with Crippen LogP contribution in [0.25, 0.3) is 10.8 Å². The first-order valence-electron chi connectivity index (χ1n) is 6.28. The normalized spacial score (nSPS) is 16.8. The smallest absolute Gasteiger partial charge is 0.234 e. The van der Waals surface area contributed by atoms with E-state index >= 15 is 0 Å². The molecule has 0 spiro atoms. The molecule has 2 aromatic rings. The van der Waals surface area contributed by atoms with Gasteiger partial charge in [-0.1, -0.05) is 42.5 Å². The molecular weight excluding hydrogens is 224 g/mol. The van der Waals surface area contributed by atoms with E-state index in [9.17, 15) is 4.79 Å². The number of carbonyl (C=O) groups is 1. The first kappa shape index (κ1) is 11.2. The monoisotopic (exact) mass is 240 g/mol. The third kappa shape index (κ3) is 2.22. The molecule has 1 heterocycles. The van der Waals surface area contributed by atoms with E-state index in [1.54, 1.807) is 0 Å². The molecule has 1 aliphatic rings. The van der Waals surface area contributed by atoms with Crippen LogP contribution < -0.4 is 5.32 Å². The van der Waals surface area contributed by atoms with Crippen LogP contribution in [-0.4, -0.2) is 30.4 Å². The Hall–Kier alpha value is -1.87. The van der Waals surface area contributed by atoms with E-state index in [1.807, 2.05) is 0 Å². The summed E-state index contributed by atoms with van der Waals surface area (Å²) < 4.78 is 0. The molecule has 3 heteroatoms. The van der Waals surface area contributed by atoms with Gasteiger partial charge in [0.1, 0.15) is 0 Å². The molecule has 0 aliphatic carbocycles. The van der Waals surface area contributed by atoms with Gasteiger partial charge in [-0.05, 0) is 16.3 Å². The number of nitrogens with zero attached hydrogens (tertiary/aromatic N) is 1. The highest BCUT2D eigenvalue weighted by Gasteiger charge is 2.16. The summed E-state index contributed by atoms with van der Waals surface area (Å²) in [5.41, 5.74) is 1.29. The van der Waals surface area contributed by atoms with E-state index in [-0.39, 0.29) is 5.91 Å². The van der Waals surface area contributed by atoms with Gasteiger partial charge in [0, 0.05) is 19.6 Å². The summed E-state index contributed by atoms with van der Waals surface area (Å²) in [6, 6.07) is 14.8. The maximum Gasteiger partial charge on any atom is 0.234 e. The highest BCUT2D eigenvalue weighted by Crippen LogP contribution is 2.20. The highest BCUT2D eigenvalue weighted by atomic mass is 16.2. The highest BCUT2D eigenvalue weighted by molar-refractivity contribution is 5.85. The van der Waals surface area contributed by atoms with Crippen molar-refractivity contribution in [2.45, 2.75) is 6.54 Å². The Labute approximate surface area is 106 Å². The van der Waals surface area contributed by atoms with Crippen LogP contribution in [0.3, 0.4) is 0 Å². The molecule has 1 amide bonds. The van der Waals surface area contributed by atoms with Gasteiger partial charge >= 0.3 is 0 Å². The molecule has 0 radical (unpaired) electrons. The first-order chi connectivity index (χ1) is 8.83. The zero-order valence-corrected chi connectivity index (χ0v) is 10.2. The second kappa shape index (κ2) is 4.78. The average Bonchev–Trinajstić information content (AvgIpc) is 2.39. The summed E-state index contributed by atoms with van der Waals surface area (Å²) in [5.74, 6) is 0.126. The van der Waals surface area contributed by atoms with E-state index in [1.165, 1.54) is 16.3 Å². The maximum absolute atomic E-state index is 11.4. The molecule has 1 aliphatic heterocycles. The number of rotatable bonds is 2. The molecule has 3 rings (SSSR count). The topological polar surface area (TPSA) is 32.3 Å². The molecule has 18 heavy (non-hydrogen) atoms. The van der Waals surface area contributed by atoms with E-state index in [0.29, 0.717) is 6.54 Å². The molecule has 0 bridgehead atoms. The molecule has 0 aromatic heterocycles. The predicted molar refractivity (Wildman–Crippen MR) is 72.2 cm³/mol. The van der Waals surface area contributed by atoms with Crippen LogP contribution in [-0.2, 0) is 11.3 Å². The Morgan fingerprint density at radius 3 is 2.83 bits per heavy atom. The molecule has 0 atom stereocenters. The van der Waals surface area contributed by atoms with Gasteiger partial charge in [0.2, 0.25) is 5.91 Å². The summed E-state index contributed by atoms with van der Waals surface area (Å²) in [4.78, 5) is 13.6. The quantitative estimate of drug-likeness (QED) is 0.867. The fourth-order valence-corrected chi connectivity index (χ4v) is 2.50. The number of nitrogens with one attached hydrogen (secondary N) is 1. The minimum atomic E-state index is 0.126. The average molecular weight is 240 g/mol. The number of hydrogen-bond acceptors (Lipinski definition) is 2. The lowest BCUT2D eigenvalue weighted by Gasteiger charge is -2.26. The molecular formula is C15H16N2O. The Kier molecular flexibility index (Phi) is 2.99. The van der Waals surface area contributed by atoms with Gasteiger partial charge in [-0.25, -0.2) is 0 Å². The molecule has 0 saturated carbocycles. The number of fused-ring (bicyclic) bond motifs is 1. The number of amides is 1. The molecule has 3 nitrogen and oxygen atoms in total. The van der Waals surface area contributed by atoms with E-state index in [2.05, 4.69) is 52.7 Å². The second-order valence-electron chi connectivity index (χ2n) is 4.70. The summed E-state index contributed by atoms with van der Waals surface area (Å²) in [6.07, 6.45) is 0. The molecule has 1 N–H and O–H groups in total. The Balaban J connectivity index is 1.88. The van der Waals surface area contributed by atoms with Crippen molar-refractivity contribution in [2.75, 3.05) is 19.6 Å². The Morgan fingerprint density at radius 2 is 1.94 bits per heavy atom. The van der Waals surface area contributed by atoms with Crippen molar-refractivity contribution in [1.82, 2.24) is 10.2 Å². The van der Waals surface area contributed by atoms with Crippen LogP contribution in [0.1, 0.15) is 5.56 Å². The van der Waals surface area contributed by atoms with Crippen molar-refractivity contribution in [1.29, 1.82) is 0 Å². The summed E-state index contributed by atoms with van der Waals surface area (Å²) in [7, 11) is 0. The number of hydrogen-bond donors (Lipinski definition) is 1. The third-order valence-corrected chi connectivity index (χ3v) is 3.39.